The van der Waals surface area contributed by atoms with Crippen molar-refractivity contribution in [3.63, 3.8) is 0 Å². The van der Waals surface area contributed by atoms with Crippen molar-refractivity contribution in [3.05, 3.63) is 91.0 Å². The Morgan fingerprint density at radius 3 is 2.33 bits per heavy atom. The van der Waals surface area contributed by atoms with Crippen molar-refractivity contribution in [2.45, 2.75) is 0 Å². The number of nitrogens with one attached hydrogen (secondary N) is 1. The first-order valence-corrected chi connectivity index (χ1v) is 10.1. The monoisotopic (exact) mass is 360 g/mol. The molecule has 27 heavy (non-hydrogen) atoms. The molecule has 0 spiro atoms. The van der Waals surface area contributed by atoms with Crippen molar-refractivity contribution in [2.75, 3.05) is 5.32 Å². The second-order valence-electron chi connectivity index (χ2n) is 6.87. The molecule has 0 atom stereocenters. The van der Waals surface area contributed by atoms with Gasteiger partial charge in [0.25, 0.3) is 0 Å². The lowest BCUT2D eigenvalue weighted by Crippen LogP contribution is -2.36. The predicted octanol–water partition coefficient (Wildman–Crippen LogP) is 4.50. The molecule has 3 heteroatoms. The van der Waals surface area contributed by atoms with E-state index >= 15 is 0 Å². The van der Waals surface area contributed by atoms with E-state index in [1.54, 1.807) is 0 Å². The number of para-hydroxylation sites is 3. The average Bonchev–Trinajstić information content (AvgIpc) is 3.08. The Morgan fingerprint density at radius 2 is 1.41 bits per heavy atom. The fraction of sp³-hybridized carbons (Fsp3) is 0. The molecule has 2 heterocycles. The molecule has 6 rings (SSSR count). The van der Waals surface area contributed by atoms with Crippen LogP contribution in [-0.4, -0.2) is 14.1 Å². The smallest absolute Gasteiger partial charge is 0.130 e. The van der Waals surface area contributed by atoms with Gasteiger partial charge < -0.3 is 9.88 Å². The van der Waals surface area contributed by atoms with Gasteiger partial charge in [0.15, 0.2) is 0 Å². The number of hydrogen-bond acceptors (Lipinski definition) is 1. The predicted molar refractivity (Wildman–Crippen MR) is 116 cm³/mol. The summed E-state index contributed by atoms with van der Waals surface area (Å²) in [6.45, 7) is 0. The van der Waals surface area contributed by atoms with Crippen LogP contribution in [-0.2, 0) is 0 Å². The Balaban J connectivity index is 1.75. The fourth-order valence-electron chi connectivity index (χ4n) is 4.11. The van der Waals surface area contributed by atoms with E-state index in [0.29, 0.717) is 9.52 Å². The first kappa shape index (κ1) is 14.8. The van der Waals surface area contributed by atoms with Crippen LogP contribution in [0, 0.1) is 0 Å². The summed E-state index contributed by atoms with van der Waals surface area (Å²) in [5.74, 6) is 0. The fourth-order valence-corrected chi connectivity index (χ4v) is 5.49. The summed E-state index contributed by atoms with van der Waals surface area (Å²) in [4.78, 5) is 0. The van der Waals surface area contributed by atoms with Crippen LogP contribution in [0.15, 0.2) is 91.0 Å². The zero-order chi connectivity index (χ0) is 17.8. The Bertz CT molecular complexity index is 1320. The van der Waals surface area contributed by atoms with Crippen LogP contribution in [0.1, 0.15) is 0 Å². The average molecular weight is 360 g/mol. The molecule has 2 radical (unpaired) electrons. The van der Waals surface area contributed by atoms with E-state index in [4.69, 9.17) is 0 Å². The molecule has 2 nitrogen and oxygen atoms in total. The maximum Gasteiger partial charge on any atom is 0.130 e. The third-order valence-corrected chi connectivity index (χ3v) is 6.77. The molecule has 0 fully saturated rings. The summed E-state index contributed by atoms with van der Waals surface area (Å²) < 4.78 is 2.42. The summed E-state index contributed by atoms with van der Waals surface area (Å²) in [5, 5.41) is 9.05. The van der Waals surface area contributed by atoms with Crippen molar-refractivity contribution >= 4 is 53.1 Å². The van der Waals surface area contributed by atoms with Crippen molar-refractivity contribution in [1.82, 2.24) is 4.57 Å². The lowest BCUT2D eigenvalue weighted by Gasteiger charge is -2.22. The molecule has 5 aromatic rings. The molecular weight excluding hydrogens is 344 g/mol. The number of fused-ring (bicyclic) bond motifs is 6. The SMILES string of the molecule is c1ccc(-n2c3ccccc3c3ccc4c(c32)[Si]c2ccccc2N4)cc1. The Morgan fingerprint density at radius 1 is 0.630 bits per heavy atom. The first-order chi connectivity index (χ1) is 13.4. The van der Waals surface area contributed by atoms with Gasteiger partial charge in [-0.1, -0.05) is 60.7 Å². The van der Waals surface area contributed by atoms with Gasteiger partial charge in [0.05, 0.1) is 11.0 Å². The van der Waals surface area contributed by atoms with Gasteiger partial charge in [0.2, 0.25) is 0 Å². The summed E-state index contributed by atoms with van der Waals surface area (Å²) in [6, 6.07) is 32.5. The number of rotatable bonds is 1. The number of aromatic nitrogens is 1. The highest BCUT2D eigenvalue weighted by molar-refractivity contribution is 6.74. The zero-order valence-electron chi connectivity index (χ0n) is 14.6. The lowest BCUT2D eigenvalue weighted by molar-refractivity contribution is 1.18. The van der Waals surface area contributed by atoms with Crippen molar-refractivity contribution in [2.24, 2.45) is 0 Å². The quantitative estimate of drug-likeness (QED) is 0.427. The van der Waals surface area contributed by atoms with Gasteiger partial charge in [-0.05, 0) is 40.7 Å². The minimum absolute atomic E-state index is 0.640. The van der Waals surface area contributed by atoms with Crippen LogP contribution in [0.3, 0.4) is 0 Å². The molecule has 0 aliphatic carbocycles. The van der Waals surface area contributed by atoms with E-state index in [0.717, 1.165) is 0 Å². The molecule has 126 valence electrons. The van der Waals surface area contributed by atoms with Crippen molar-refractivity contribution in [1.29, 1.82) is 0 Å². The summed E-state index contributed by atoms with van der Waals surface area (Å²) >= 11 is 0. The molecule has 0 saturated carbocycles. The van der Waals surface area contributed by atoms with Crippen molar-refractivity contribution < 1.29 is 0 Å². The van der Waals surface area contributed by atoms with Gasteiger partial charge in [-0.25, -0.2) is 0 Å². The van der Waals surface area contributed by atoms with Gasteiger partial charge in [-0.3, -0.25) is 0 Å². The number of nitrogens with zero attached hydrogens (tertiary/aromatic N) is 1. The second kappa shape index (κ2) is 5.60. The van der Waals surface area contributed by atoms with E-state index in [2.05, 4.69) is 101 Å². The molecule has 1 N–H and O–H groups in total. The maximum atomic E-state index is 3.65. The highest BCUT2D eigenvalue weighted by atomic mass is 28.2. The minimum Gasteiger partial charge on any atom is -0.356 e. The van der Waals surface area contributed by atoms with Crippen LogP contribution >= 0.6 is 0 Å². The van der Waals surface area contributed by atoms with E-state index in [1.807, 2.05) is 0 Å². The Kier molecular flexibility index (Phi) is 3.07. The summed E-state index contributed by atoms with van der Waals surface area (Å²) in [7, 11) is 0.640. The van der Waals surface area contributed by atoms with Crippen LogP contribution in [0.25, 0.3) is 27.5 Å². The van der Waals surface area contributed by atoms with Crippen LogP contribution in [0.5, 0.6) is 0 Å². The third-order valence-electron chi connectivity index (χ3n) is 5.31. The normalized spacial score (nSPS) is 12.6. The number of anilines is 2. The van der Waals surface area contributed by atoms with Gasteiger partial charge in [0, 0.05) is 27.8 Å². The largest absolute Gasteiger partial charge is 0.356 e. The first-order valence-electron chi connectivity index (χ1n) is 9.15. The van der Waals surface area contributed by atoms with E-state index in [9.17, 15) is 0 Å². The third kappa shape index (κ3) is 2.12. The molecule has 0 unspecified atom stereocenters. The van der Waals surface area contributed by atoms with Crippen LogP contribution in [0.4, 0.5) is 11.4 Å². The number of benzene rings is 4. The summed E-state index contributed by atoms with van der Waals surface area (Å²) in [6.07, 6.45) is 0. The van der Waals surface area contributed by atoms with Crippen molar-refractivity contribution in [3.8, 4) is 5.69 Å². The molecule has 4 aromatic carbocycles. The second-order valence-corrected chi connectivity index (χ2v) is 8.16. The Labute approximate surface area is 159 Å². The zero-order valence-corrected chi connectivity index (χ0v) is 15.6. The minimum atomic E-state index is 0.640. The van der Waals surface area contributed by atoms with Gasteiger partial charge >= 0.3 is 0 Å². The topological polar surface area (TPSA) is 17.0 Å². The molecular formula is C24H16N2Si. The lowest BCUT2D eigenvalue weighted by atomic mass is 10.1. The van der Waals surface area contributed by atoms with E-state index in [-0.39, 0.29) is 0 Å². The molecule has 0 bridgehead atoms. The molecule has 1 aliphatic rings. The summed E-state index contributed by atoms with van der Waals surface area (Å²) in [5.41, 5.74) is 6.24. The maximum absolute atomic E-state index is 3.65. The van der Waals surface area contributed by atoms with Crippen LogP contribution in [0.2, 0.25) is 0 Å². The van der Waals surface area contributed by atoms with E-state index < -0.39 is 0 Å². The van der Waals surface area contributed by atoms with Gasteiger partial charge in [0.1, 0.15) is 9.52 Å². The highest BCUT2D eigenvalue weighted by Crippen LogP contribution is 2.33. The highest BCUT2D eigenvalue weighted by Gasteiger charge is 2.22. The van der Waals surface area contributed by atoms with Crippen LogP contribution < -0.4 is 15.7 Å². The Hall–Kier alpha value is -3.30. The molecule has 0 saturated heterocycles. The standard InChI is InChI=1S/C24H16N2Si/c1-2-8-16(9-3-1)26-21-12-6-4-10-17(21)18-14-15-20-24(23(18)26)27-22-13-7-5-11-19(22)25-20/h1-15,25H. The molecule has 0 amide bonds. The molecule has 1 aromatic heterocycles. The van der Waals surface area contributed by atoms with Gasteiger partial charge in [-0.2, -0.15) is 0 Å². The van der Waals surface area contributed by atoms with Gasteiger partial charge in [-0.15, -0.1) is 0 Å². The molecule has 1 aliphatic heterocycles. The number of hydrogen-bond donors (Lipinski definition) is 1. The van der Waals surface area contributed by atoms with E-state index in [1.165, 1.54) is 49.2 Å².